The van der Waals surface area contributed by atoms with E-state index in [1.807, 2.05) is 0 Å². The second-order valence-corrected chi connectivity index (χ2v) is 8.09. The first-order valence-corrected chi connectivity index (χ1v) is 8.43. The third-order valence-corrected chi connectivity index (χ3v) is 5.86. The van der Waals surface area contributed by atoms with Gasteiger partial charge in [0.2, 0.25) is 0 Å². The molecule has 1 heterocycles. The Kier molecular flexibility index (Phi) is 6.11. The number of carbonyl (C=O) groups is 2. The highest BCUT2D eigenvalue weighted by molar-refractivity contribution is 9.11. The normalized spacial score (nSPS) is 12.9. The molecule has 1 atom stereocenters. The van der Waals surface area contributed by atoms with Crippen LogP contribution in [0.3, 0.4) is 0 Å². The number of thiophene rings is 1. The molecule has 1 rings (SSSR count). The fourth-order valence-corrected chi connectivity index (χ4v) is 4.53. The molecule has 0 saturated carbocycles. The average Bonchev–Trinajstić information content (AvgIpc) is 2.81. The number of rotatable bonds is 7. The molecule has 1 aromatic rings. The van der Waals surface area contributed by atoms with Crippen LogP contribution in [0, 0.1) is 0 Å². The van der Waals surface area contributed by atoms with E-state index in [1.165, 1.54) is 13.2 Å². The van der Waals surface area contributed by atoms with E-state index in [4.69, 9.17) is 5.11 Å². The lowest BCUT2D eigenvalue weighted by Gasteiger charge is -2.13. The molecule has 0 amide bonds. The Morgan fingerprint density at radius 1 is 1.50 bits per heavy atom. The molecule has 10 heteroatoms. The summed E-state index contributed by atoms with van der Waals surface area (Å²) in [6, 6.07) is 1.51. The van der Waals surface area contributed by atoms with Gasteiger partial charge in [0.25, 0.3) is 10.0 Å². The molecule has 0 fully saturated rings. The minimum absolute atomic E-state index is 0.00584. The van der Waals surface area contributed by atoms with Crippen molar-refractivity contribution in [2.45, 2.75) is 23.1 Å². The summed E-state index contributed by atoms with van der Waals surface area (Å²) in [6.07, 6.45) is -0.377. The van der Waals surface area contributed by atoms with Gasteiger partial charge >= 0.3 is 11.9 Å². The Bertz CT molecular complexity index is 597. The maximum Gasteiger partial charge on any atom is 0.321 e. The minimum atomic E-state index is -3.93. The summed E-state index contributed by atoms with van der Waals surface area (Å²) in [4.78, 5) is 22.0. The molecule has 0 aliphatic heterocycles. The summed E-state index contributed by atoms with van der Waals surface area (Å²) >= 11 is 4.09. The summed E-state index contributed by atoms with van der Waals surface area (Å²) in [7, 11) is -2.76. The molecule has 1 unspecified atom stereocenters. The molecule has 0 spiro atoms. The van der Waals surface area contributed by atoms with Gasteiger partial charge in [-0.15, -0.1) is 11.3 Å². The van der Waals surface area contributed by atoms with Crippen LogP contribution in [-0.2, 0) is 24.3 Å². The molecule has 0 saturated heterocycles. The standard InChI is InChI=1S/C10H12BrNO6S2/c1-18-8(13)4-2-6(10(14)15)12-20(16,17)9-5-3-7(11)19-9/h3,5-6,12H,2,4H2,1H3,(H,14,15). The predicted molar refractivity (Wildman–Crippen MR) is 75.0 cm³/mol. The van der Waals surface area contributed by atoms with Gasteiger partial charge in [0.05, 0.1) is 10.9 Å². The molecule has 0 radical (unpaired) electrons. The van der Waals surface area contributed by atoms with Crippen LogP contribution in [0.1, 0.15) is 12.8 Å². The van der Waals surface area contributed by atoms with Gasteiger partial charge in [0.15, 0.2) is 0 Å². The van der Waals surface area contributed by atoms with E-state index in [-0.39, 0.29) is 17.1 Å². The van der Waals surface area contributed by atoms with Crippen molar-refractivity contribution in [3.8, 4) is 0 Å². The summed E-state index contributed by atoms with van der Waals surface area (Å²) in [5.41, 5.74) is 0. The van der Waals surface area contributed by atoms with Crippen molar-refractivity contribution in [1.29, 1.82) is 0 Å². The van der Waals surface area contributed by atoms with E-state index in [1.54, 1.807) is 6.07 Å². The van der Waals surface area contributed by atoms with Crippen molar-refractivity contribution >= 4 is 49.2 Å². The third-order valence-electron chi connectivity index (χ3n) is 2.27. The number of carboxylic acids is 1. The molecule has 0 aliphatic rings. The monoisotopic (exact) mass is 385 g/mol. The fraction of sp³-hybridized carbons (Fsp3) is 0.400. The van der Waals surface area contributed by atoms with Gasteiger partial charge in [0, 0.05) is 6.42 Å². The predicted octanol–water partition coefficient (Wildman–Crippen LogP) is 1.20. The molecule has 7 nitrogen and oxygen atoms in total. The number of hydrogen-bond donors (Lipinski definition) is 2. The van der Waals surface area contributed by atoms with Gasteiger partial charge in [-0.2, -0.15) is 4.72 Å². The number of carbonyl (C=O) groups excluding carboxylic acids is 1. The maximum atomic E-state index is 12.0. The number of hydrogen-bond acceptors (Lipinski definition) is 6. The van der Waals surface area contributed by atoms with Gasteiger partial charge in [-0.1, -0.05) is 0 Å². The van der Waals surface area contributed by atoms with Crippen molar-refractivity contribution in [1.82, 2.24) is 4.72 Å². The average molecular weight is 386 g/mol. The number of ether oxygens (including phenoxy) is 1. The molecular weight excluding hydrogens is 374 g/mol. The van der Waals surface area contributed by atoms with Crippen LogP contribution in [0.15, 0.2) is 20.1 Å². The molecule has 112 valence electrons. The van der Waals surface area contributed by atoms with Crippen molar-refractivity contribution in [3.63, 3.8) is 0 Å². The lowest BCUT2D eigenvalue weighted by atomic mass is 10.2. The van der Waals surface area contributed by atoms with Crippen LogP contribution < -0.4 is 4.72 Å². The van der Waals surface area contributed by atoms with E-state index in [2.05, 4.69) is 25.4 Å². The number of nitrogens with one attached hydrogen (secondary N) is 1. The van der Waals surface area contributed by atoms with Crippen molar-refractivity contribution in [2.75, 3.05) is 7.11 Å². The fourth-order valence-electron chi connectivity index (χ4n) is 1.28. The molecule has 1 aromatic heterocycles. The van der Waals surface area contributed by atoms with Crippen molar-refractivity contribution < 1.29 is 27.9 Å². The summed E-state index contributed by atoms with van der Waals surface area (Å²) < 4.78 is 31.0. The largest absolute Gasteiger partial charge is 0.480 e. The van der Waals surface area contributed by atoms with Crippen LogP contribution in [0.2, 0.25) is 0 Å². The Morgan fingerprint density at radius 2 is 2.15 bits per heavy atom. The maximum absolute atomic E-state index is 12.0. The van der Waals surface area contributed by atoms with Crippen LogP contribution >= 0.6 is 27.3 Å². The first-order valence-electron chi connectivity index (χ1n) is 5.33. The van der Waals surface area contributed by atoms with Gasteiger partial charge in [-0.05, 0) is 34.5 Å². The van der Waals surface area contributed by atoms with E-state index in [0.29, 0.717) is 3.79 Å². The summed E-state index contributed by atoms with van der Waals surface area (Å²) in [6.45, 7) is 0. The zero-order chi connectivity index (χ0) is 15.3. The second-order valence-electron chi connectivity index (χ2n) is 3.69. The number of halogens is 1. The smallest absolute Gasteiger partial charge is 0.321 e. The molecule has 0 bridgehead atoms. The van der Waals surface area contributed by atoms with Crippen LogP contribution in [-0.4, -0.2) is 38.6 Å². The highest BCUT2D eigenvalue weighted by atomic mass is 79.9. The number of aliphatic carboxylic acids is 1. The third kappa shape index (κ3) is 4.85. The Morgan fingerprint density at radius 3 is 2.60 bits per heavy atom. The van der Waals surface area contributed by atoms with Crippen molar-refractivity contribution in [3.05, 3.63) is 15.9 Å². The topological polar surface area (TPSA) is 110 Å². The molecule has 2 N–H and O–H groups in total. The SMILES string of the molecule is COC(=O)CCC(NS(=O)(=O)c1ccc(Br)s1)C(=O)O. The highest BCUT2D eigenvalue weighted by Crippen LogP contribution is 2.26. The molecule has 20 heavy (non-hydrogen) atoms. The number of esters is 1. The minimum Gasteiger partial charge on any atom is -0.480 e. The Labute approximate surface area is 128 Å². The first-order chi connectivity index (χ1) is 9.26. The van der Waals surface area contributed by atoms with Crippen LogP contribution in [0.25, 0.3) is 0 Å². The first kappa shape index (κ1) is 17.1. The van der Waals surface area contributed by atoms with Gasteiger partial charge < -0.3 is 9.84 Å². The van der Waals surface area contributed by atoms with E-state index in [0.717, 1.165) is 11.3 Å². The molecule has 0 aromatic carbocycles. The molecular formula is C10H12BrNO6S2. The number of methoxy groups -OCH3 is 1. The second kappa shape index (κ2) is 7.16. The summed E-state index contributed by atoms with van der Waals surface area (Å²) in [5.74, 6) is -1.96. The zero-order valence-corrected chi connectivity index (χ0v) is 13.5. The van der Waals surface area contributed by atoms with Crippen LogP contribution in [0.4, 0.5) is 0 Å². The van der Waals surface area contributed by atoms with E-state index >= 15 is 0 Å². The zero-order valence-electron chi connectivity index (χ0n) is 10.3. The van der Waals surface area contributed by atoms with Gasteiger partial charge in [-0.25, -0.2) is 8.42 Å². The Balaban J connectivity index is 2.80. The number of sulfonamides is 1. The number of carboxylic acid groups (broad SMARTS) is 1. The van der Waals surface area contributed by atoms with Crippen molar-refractivity contribution in [2.24, 2.45) is 0 Å². The quantitative estimate of drug-likeness (QED) is 0.682. The highest BCUT2D eigenvalue weighted by Gasteiger charge is 2.27. The van der Waals surface area contributed by atoms with Gasteiger partial charge in [0.1, 0.15) is 10.3 Å². The summed E-state index contributed by atoms with van der Waals surface area (Å²) in [5, 5.41) is 8.99. The lowest BCUT2D eigenvalue weighted by Crippen LogP contribution is -2.40. The Hall–Kier alpha value is -0.970. The van der Waals surface area contributed by atoms with Gasteiger partial charge in [-0.3, -0.25) is 9.59 Å². The molecule has 0 aliphatic carbocycles. The van der Waals surface area contributed by atoms with Crippen LogP contribution in [0.5, 0.6) is 0 Å². The lowest BCUT2D eigenvalue weighted by molar-refractivity contribution is -0.142. The van der Waals surface area contributed by atoms with E-state index < -0.39 is 28.0 Å². The van der Waals surface area contributed by atoms with E-state index in [9.17, 15) is 18.0 Å².